The van der Waals surface area contributed by atoms with Gasteiger partial charge in [0, 0.05) is 87.9 Å². The van der Waals surface area contributed by atoms with E-state index in [1.165, 1.54) is 159 Å². The maximum absolute atomic E-state index is 5.51. The fourth-order valence-corrected chi connectivity index (χ4v) is 23.3. The fourth-order valence-electron chi connectivity index (χ4n) is 23.3. The van der Waals surface area contributed by atoms with Crippen LogP contribution in [-0.2, 0) is 5.41 Å². The van der Waals surface area contributed by atoms with Crippen molar-refractivity contribution in [3.63, 3.8) is 0 Å². The molecule has 30 aromatic rings. The van der Waals surface area contributed by atoms with Crippen molar-refractivity contribution < 1.29 is 0 Å². The Kier molecular flexibility index (Phi) is 20.1. The van der Waals surface area contributed by atoms with Crippen LogP contribution in [0, 0.1) is 0 Å². The van der Waals surface area contributed by atoms with Crippen molar-refractivity contribution in [1.82, 2.24) is 53.2 Å². The predicted molar refractivity (Wildman–Crippen MR) is 619 cm³/mol. The maximum atomic E-state index is 5.51. The lowest BCUT2D eigenvalue weighted by Gasteiger charge is -2.22. The third-order valence-corrected chi connectivity index (χ3v) is 30.5. The molecule has 31 rings (SSSR count). The van der Waals surface area contributed by atoms with E-state index >= 15 is 0 Å². The smallest absolute Gasteiger partial charge is 0.235 e. The third-order valence-electron chi connectivity index (χ3n) is 30.5. The second-order valence-electron chi connectivity index (χ2n) is 39.4. The molecular weight excluding hydrogens is 1810 g/mol. The van der Waals surface area contributed by atoms with E-state index in [1.807, 2.05) is 30.3 Å². The molecule has 8 heterocycles. The zero-order valence-corrected chi connectivity index (χ0v) is 81.3. The van der Waals surface area contributed by atoms with E-state index in [4.69, 9.17) is 29.9 Å². The number of aromatic nitrogens is 11. The third kappa shape index (κ3) is 14.4. The summed E-state index contributed by atoms with van der Waals surface area (Å²) in [4.78, 5) is 36.5. The summed E-state index contributed by atoms with van der Waals surface area (Å²) >= 11 is 0. The van der Waals surface area contributed by atoms with Crippen LogP contribution in [0.15, 0.2) is 504 Å². The molecule has 0 fully saturated rings. The maximum Gasteiger partial charge on any atom is 0.235 e. The number of pyridine rings is 1. The normalized spacial score (nSPS) is 12.3. The lowest BCUT2D eigenvalue weighted by molar-refractivity contribution is 0.660. The second-order valence-corrected chi connectivity index (χ2v) is 39.4. The first kappa shape index (κ1) is 86.0. The van der Waals surface area contributed by atoms with Crippen LogP contribution in [0.2, 0.25) is 0 Å². The average molecular weight is 1900 g/mol. The van der Waals surface area contributed by atoms with Crippen LogP contribution in [0.3, 0.4) is 0 Å². The van der Waals surface area contributed by atoms with Gasteiger partial charge >= 0.3 is 0 Å². The number of hydrogen-bond donors (Lipinski definition) is 0. The standard InChI is InChI=1S/C49H33N3.C48H30N4.C41H26N4/c1-49(2)41-19-9-7-16-37(41)38-25-24-35(28-42(38)49)47-39-17-8-10-20-43(39)50-48(51-47)52-44-21-11-18-36(34-23-22-30-12-3-4-13-31(30)26-34)46(44)40-27-32-14-5-6-15-33(32)29-45(40)52;1-3-13-31(14-4-1)34-23-25-45-40(28-34)41-27-32-15-7-8-16-33(32)30-46(41)52(45)48-49-42-21-11-9-20-38(42)47(50-48)35-24-26-44-39(29-35)37-19-10-12-22-43(37)51(44)36-17-5-2-6-18-36;1-3-10-27(11-4-1)28-17-19-29(20-18-28)33-21-22-37-34(25-33)35-24-31-14-7-8-15-32(31)26-38(35)45(37)41-43-36-16-9-23-42-40(36)39(44-41)30-12-5-2-6-13-30/h3-29H,1-2H3;1-30H;1-26H. The molecule has 11 heteroatoms. The number of para-hydroxylation sites is 4. The average Bonchev–Trinajstić information content (AvgIpc) is 1.57. The van der Waals surface area contributed by atoms with Crippen molar-refractivity contribution in [1.29, 1.82) is 0 Å². The Labute approximate surface area is 857 Å². The minimum absolute atomic E-state index is 0.110. The van der Waals surface area contributed by atoms with Crippen molar-refractivity contribution in [2.75, 3.05) is 0 Å². The van der Waals surface area contributed by atoms with Crippen molar-refractivity contribution in [3.8, 4) is 113 Å². The number of hydrogen-bond acceptors (Lipinski definition) is 7. The van der Waals surface area contributed by atoms with Crippen LogP contribution in [-0.4, -0.2) is 53.2 Å². The molecule has 0 saturated carbocycles. The molecule has 11 nitrogen and oxygen atoms in total. The highest BCUT2D eigenvalue weighted by Gasteiger charge is 2.36. The van der Waals surface area contributed by atoms with E-state index in [1.54, 1.807) is 6.20 Å². The van der Waals surface area contributed by atoms with Gasteiger partial charge in [0.1, 0.15) is 11.2 Å². The Morgan fingerprint density at radius 2 is 0.544 bits per heavy atom. The molecule has 0 spiro atoms. The molecule has 0 unspecified atom stereocenters. The van der Waals surface area contributed by atoms with Gasteiger partial charge in [-0.15, -0.1) is 0 Å². The zero-order chi connectivity index (χ0) is 98.5. The van der Waals surface area contributed by atoms with Crippen LogP contribution in [0.5, 0.6) is 0 Å². The molecule has 696 valence electrons. The van der Waals surface area contributed by atoms with Crippen LogP contribution in [0.4, 0.5) is 0 Å². The minimum atomic E-state index is -0.110. The van der Waals surface area contributed by atoms with E-state index in [0.717, 1.165) is 111 Å². The van der Waals surface area contributed by atoms with Crippen molar-refractivity contribution in [3.05, 3.63) is 515 Å². The molecule has 0 bridgehead atoms. The Morgan fingerprint density at radius 3 is 1.13 bits per heavy atom. The molecule has 149 heavy (non-hydrogen) atoms. The van der Waals surface area contributed by atoms with Gasteiger partial charge in [0.05, 0.1) is 72.1 Å². The molecule has 0 amide bonds. The summed E-state index contributed by atoms with van der Waals surface area (Å²) in [6.45, 7) is 4.67. The summed E-state index contributed by atoms with van der Waals surface area (Å²) in [7, 11) is 0. The zero-order valence-electron chi connectivity index (χ0n) is 81.3. The summed E-state index contributed by atoms with van der Waals surface area (Å²) in [6, 6.07) is 178. The number of rotatable bonds is 11. The molecular formula is C138H89N11. The first-order valence-corrected chi connectivity index (χ1v) is 50.8. The summed E-state index contributed by atoms with van der Waals surface area (Å²) in [5.41, 5.74) is 34.0. The number of benzene rings is 22. The molecule has 1 aliphatic carbocycles. The lowest BCUT2D eigenvalue weighted by atomic mass is 9.82. The Hall–Kier alpha value is -19.8. The molecule has 8 aromatic heterocycles. The Balaban J connectivity index is 0.000000105. The Morgan fingerprint density at radius 1 is 0.181 bits per heavy atom. The highest BCUT2D eigenvalue weighted by atomic mass is 15.2. The summed E-state index contributed by atoms with van der Waals surface area (Å²) in [6.07, 6.45) is 1.80. The molecule has 0 radical (unpaired) electrons. The van der Waals surface area contributed by atoms with E-state index < -0.39 is 0 Å². The van der Waals surface area contributed by atoms with Gasteiger partial charge in [-0.25, -0.2) is 29.9 Å². The lowest BCUT2D eigenvalue weighted by Crippen LogP contribution is -2.15. The van der Waals surface area contributed by atoms with Gasteiger partial charge in [-0.2, -0.15) is 0 Å². The van der Waals surface area contributed by atoms with Gasteiger partial charge in [-0.1, -0.05) is 378 Å². The Bertz CT molecular complexity index is 10700. The van der Waals surface area contributed by atoms with Crippen molar-refractivity contribution >= 4 is 163 Å². The molecule has 0 N–H and O–H groups in total. The first-order chi connectivity index (χ1) is 73.6. The molecule has 0 atom stereocenters. The van der Waals surface area contributed by atoms with Gasteiger partial charge in [-0.3, -0.25) is 18.7 Å². The SMILES string of the molecule is CC1(C)c2ccccc2-c2ccc(-c3nc(-n4c5cc6ccccc6cc5c5c(-c6ccc7ccccc7c6)cccc54)nc4ccccc34)cc21.c1ccc(-c2ccc(-c3ccc4c(c3)c3cc5ccccc5cc3n4-c3nc(-c4ccccc4)c4ncccc4n3)cc2)cc1.c1ccc(-c2ccc3c(c2)c2cc4ccccc4cc2n3-c2nc(-c3ccc4c(c3)c3ccccc3n4-c3ccccc3)c3ccccc3n2)cc1. The fraction of sp³-hybridized carbons (Fsp3) is 0.0217. The second kappa shape index (κ2) is 34.8. The van der Waals surface area contributed by atoms with E-state index in [9.17, 15) is 0 Å². The quantitative estimate of drug-likeness (QED) is 0.127. The number of fused-ring (bicyclic) bond motifs is 22. The van der Waals surface area contributed by atoms with Crippen molar-refractivity contribution in [2.45, 2.75) is 19.3 Å². The monoisotopic (exact) mass is 1900 g/mol. The molecule has 22 aromatic carbocycles. The minimum Gasteiger partial charge on any atom is -0.309 e. The summed E-state index contributed by atoms with van der Waals surface area (Å²) < 4.78 is 9.09. The van der Waals surface area contributed by atoms with Gasteiger partial charge in [0.25, 0.3) is 0 Å². The summed E-state index contributed by atoms with van der Waals surface area (Å²) in [5.74, 6) is 1.95. The predicted octanol–water partition coefficient (Wildman–Crippen LogP) is 35.3. The van der Waals surface area contributed by atoms with E-state index in [2.05, 4.69) is 504 Å². The van der Waals surface area contributed by atoms with Crippen LogP contribution in [0.1, 0.15) is 25.0 Å². The topological polar surface area (TPSA) is 110 Å². The molecule has 0 aliphatic heterocycles. The number of nitrogens with zero attached hydrogens (tertiary/aromatic N) is 11. The van der Waals surface area contributed by atoms with E-state index in [-0.39, 0.29) is 5.41 Å². The van der Waals surface area contributed by atoms with Crippen LogP contribution >= 0.6 is 0 Å². The van der Waals surface area contributed by atoms with Gasteiger partial charge in [-0.05, 0) is 243 Å². The van der Waals surface area contributed by atoms with Crippen molar-refractivity contribution in [2.24, 2.45) is 0 Å². The highest BCUT2D eigenvalue weighted by molar-refractivity contribution is 6.21. The molecule has 1 aliphatic rings. The van der Waals surface area contributed by atoms with Gasteiger partial charge in [0.15, 0.2) is 0 Å². The van der Waals surface area contributed by atoms with E-state index in [0.29, 0.717) is 17.8 Å². The van der Waals surface area contributed by atoms with Gasteiger partial charge in [0.2, 0.25) is 17.8 Å². The van der Waals surface area contributed by atoms with Gasteiger partial charge < -0.3 is 4.57 Å². The summed E-state index contributed by atoms with van der Waals surface area (Å²) in [5, 5.41) is 21.2. The van der Waals surface area contributed by atoms with Crippen LogP contribution < -0.4 is 0 Å². The largest absolute Gasteiger partial charge is 0.309 e. The molecule has 0 saturated heterocycles. The highest BCUT2D eigenvalue weighted by Crippen LogP contribution is 2.52. The first-order valence-electron chi connectivity index (χ1n) is 50.8. The van der Waals surface area contributed by atoms with Crippen LogP contribution in [0.25, 0.3) is 276 Å².